The smallest absolute Gasteiger partial charge is 0.251 e. The molecular weight excluding hydrogens is 216 g/mol. The van der Waals surface area contributed by atoms with E-state index in [0.717, 1.165) is 12.7 Å². The minimum Gasteiger partial charge on any atom is -0.395 e. The summed E-state index contributed by atoms with van der Waals surface area (Å²) in [5, 5.41) is 8.77. The molecular formula is C11H21F2NO2. The van der Waals surface area contributed by atoms with Gasteiger partial charge in [-0.3, -0.25) is 4.90 Å². The van der Waals surface area contributed by atoms with Gasteiger partial charge in [-0.05, 0) is 6.42 Å². The minimum atomic E-state index is -2.44. The first kappa shape index (κ1) is 15.4. The minimum absolute atomic E-state index is 0.173. The number of carbonyl (C=O) groups is 1. The van der Waals surface area contributed by atoms with Crippen molar-refractivity contribution < 1.29 is 18.7 Å². The molecule has 0 aromatic carbocycles. The van der Waals surface area contributed by atoms with Gasteiger partial charge in [0.25, 0.3) is 6.43 Å². The molecule has 0 aliphatic rings. The van der Waals surface area contributed by atoms with Crippen LogP contribution in [0.3, 0.4) is 0 Å². The highest BCUT2D eigenvalue weighted by Gasteiger charge is 2.26. The fourth-order valence-corrected chi connectivity index (χ4v) is 1.83. The third kappa shape index (κ3) is 6.12. The Morgan fingerprint density at radius 3 is 2.50 bits per heavy atom. The van der Waals surface area contributed by atoms with E-state index in [1.54, 1.807) is 6.92 Å². The predicted octanol–water partition coefficient (Wildman–Crippen LogP) is 1.55. The number of carbonyl (C=O) groups excluding carboxylic acids is 1. The van der Waals surface area contributed by atoms with Crippen molar-refractivity contribution in [1.82, 2.24) is 4.90 Å². The summed E-state index contributed by atoms with van der Waals surface area (Å²) >= 11 is 0. The molecule has 0 rings (SSSR count). The Morgan fingerprint density at radius 1 is 1.50 bits per heavy atom. The quantitative estimate of drug-likeness (QED) is 0.619. The SMILES string of the molecule is CCCC(C)(C=O)CN(CCO)CC(F)F. The van der Waals surface area contributed by atoms with Crippen LogP contribution in [0.5, 0.6) is 0 Å². The van der Waals surface area contributed by atoms with E-state index in [1.807, 2.05) is 6.92 Å². The highest BCUT2D eigenvalue weighted by Crippen LogP contribution is 2.22. The topological polar surface area (TPSA) is 40.5 Å². The summed E-state index contributed by atoms with van der Waals surface area (Å²) in [4.78, 5) is 12.4. The van der Waals surface area contributed by atoms with E-state index >= 15 is 0 Å². The Balaban J connectivity index is 4.38. The molecule has 1 atom stereocenters. The normalized spacial score (nSPS) is 15.4. The molecule has 96 valence electrons. The zero-order chi connectivity index (χ0) is 12.6. The third-order valence-corrected chi connectivity index (χ3v) is 2.50. The van der Waals surface area contributed by atoms with E-state index < -0.39 is 18.4 Å². The molecule has 1 N–H and O–H groups in total. The van der Waals surface area contributed by atoms with E-state index in [9.17, 15) is 13.6 Å². The summed E-state index contributed by atoms with van der Waals surface area (Å²) in [5.41, 5.74) is -0.598. The van der Waals surface area contributed by atoms with E-state index in [2.05, 4.69) is 0 Å². The standard InChI is InChI=1S/C11H21F2NO2/c1-3-4-11(2,9-16)8-14(5-6-15)7-10(12)13/h9-10,15H,3-8H2,1-2H3. The van der Waals surface area contributed by atoms with Crippen LogP contribution in [0.4, 0.5) is 8.78 Å². The molecule has 0 spiro atoms. The summed E-state index contributed by atoms with van der Waals surface area (Å²) in [6, 6.07) is 0. The summed E-state index contributed by atoms with van der Waals surface area (Å²) in [6.07, 6.45) is -0.116. The molecule has 0 heterocycles. The van der Waals surface area contributed by atoms with E-state index in [1.165, 1.54) is 4.90 Å². The molecule has 0 amide bonds. The van der Waals surface area contributed by atoms with Gasteiger partial charge >= 0.3 is 0 Å². The Hall–Kier alpha value is -0.550. The van der Waals surface area contributed by atoms with Crippen LogP contribution >= 0.6 is 0 Å². The van der Waals surface area contributed by atoms with Gasteiger partial charge in [0, 0.05) is 18.5 Å². The summed E-state index contributed by atoms with van der Waals surface area (Å²) in [7, 11) is 0. The highest BCUT2D eigenvalue weighted by molar-refractivity contribution is 5.58. The molecule has 0 bridgehead atoms. The van der Waals surface area contributed by atoms with Crippen LogP contribution in [0.25, 0.3) is 0 Å². The number of nitrogens with zero attached hydrogens (tertiary/aromatic N) is 1. The molecule has 3 nitrogen and oxygen atoms in total. The lowest BCUT2D eigenvalue weighted by molar-refractivity contribution is -0.117. The first-order valence-electron chi connectivity index (χ1n) is 5.55. The van der Waals surface area contributed by atoms with Gasteiger partial charge in [0.05, 0.1) is 13.2 Å². The van der Waals surface area contributed by atoms with Crippen molar-refractivity contribution in [1.29, 1.82) is 0 Å². The van der Waals surface area contributed by atoms with Gasteiger partial charge in [0.1, 0.15) is 6.29 Å². The zero-order valence-electron chi connectivity index (χ0n) is 9.96. The van der Waals surface area contributed by atoms with Crippen molar-refractivity contribution in [3.63, 3.8) is 0 Å². The number of rotatable bonds is 9. The van der Waals surface area contributed by atoms with Crippen molar-refractivity contribution in [2.45, 2.75) is 33.1 Å². The lowest BCUT2D eigenvalue weighted by Gasteiger charge is -2.30. The summed E-state index contributed by atoms with van der Waals surface area (Å²) in [6.45, 7) is 3.60. The first-order valence-corrected chi connectivity index (χ1v) is 5.55. The molecule has 0 aliphatic heterocycles. The van der Waals surface area contributed by atoms with Crippen LogP contribution in [0.2, 0.25) is 0 Å². The van der Waals surface area contributed by atoms with Crippen LogP contribution in [0.15, 0.2) is 0 Å². The number of halogens is 2. The molecule has 16 heavy (non-hydrogen) atoms. The zero-order valence-corrected chi connectivity index (χ0v) is 9.96. The van der Waals surface area contributed by atoms with Crippen LogP contribution in [0.1, 0.15) is 26.7 Å². The Morgan fingerprint density at radius 2 is 2.12 bits per heavy atom. The molecule has 0 saturated heterocycles. The maximum atomic E-state index is 12.3. The van der Waals surface area contributed by atoms with Gasteiger partial charge in [-0.15, -0.1) is 0 Å². The molecule has 0 saturated carbocycles. The second-order valence-corrected chi connectivity index (χ2v) is 4.37. The van der Waals surface area contributed by atoms with Crippen LogP contribution in [-0.2, 0) is 4.79 Å². The number of hydrogen-bond donors (Lipinski definition) is 1. The van der Waals surface area contributed by atoms with Gasteiger partial charge < -0.3 is 9.90 Å². The van der Waals surface area contributed by atoms with Crippen molar-refractivity contribution in [2.75, 3.05) is 26.2 Å². The van der Waals surface area contributed by atoms with E-state index in [-0.39, 0.29) is 19.7 Å². The maximum Gasteiger partial charge on any atom is 0.251 e. The fraction of sp³-hybridized carbons (Fsp3) is 0.909. The molecule has 1 unspecified atom stereocenters. The van der Waals surface area contributed by atoms with Crippen molar-refractivity contribution >= 4 is 6.29 Å². The average molecular weight is 237 g/mol. The predicted molar refractivity (Wildman–Crippen MR) is 58.6 cm³/mol. The number of aliphatic hydroxyl groups excluding tert-OH is 1. The van der Waals surface area contributed by atoms with E-state index in [4.69, 9.17) is 5.11 Å². The molecule has 0 radical (unpaired) electrons. The largest absolute Gasteiger partial charge is 0.395 e. The molecule has 0 aromatic rings. The molecule has 0 aromatic heterocycles. The van der Waals surface area contributed by atoms with Crippen LogP contribution in [0, 0.1) is 5.41 Å². The third-order valence-electron chi connectivity index (χ3n) is 2.50. The van der Waals surface area contributed by atoms with Crippen molar-refractivity contribution in [3.05, 3.63) is 0 Å². The summed E-state index contributed by atoms with van der Waals surface area (Å²) in [5.74, 6) is 0. The monoisotopic (exact) mass is 237 g/mol. The summed E-state index contributed by atoms with van der Waals surface area (Å²) < 4.78 is 24.5. The maximum absolute atomic E-state index is 12.3. The average Bonchev–Trinajstić information content (AvgIpc) is 2.17. The Bertz CT molecular complexity index is 202. The Kier molecular flexibility index (Phi) is 7.42. The number of hydrogen-bond acceptors (Lipinski definition) is 3. The van der Waals surface area contributed by atoms with Crippen molar-refractivity contribution in [2.24, 2.45) is 5.41 Å². The molecule has 5 heteroatoms. The second-order valence-electron chi connectivity index (χ2n) is 4.37. The number of aliphatic hydroxyl groups is 1. The lowest BCUT2D eigenvalue weighted by Crippen LogP contribution is -2.41. The molecule has 0 fully saturated rings. The van der Waals surface area contributed by atoms with Crippen LogP contribution < -0.4 is 0 Å². The fourth-order valence-electron chi connectivity index (χ4n) is 1.83. The number of aldehydes is 1. The second kappa shape index (κ2) is 7.68. The van der Waals surface area contributed by atoms with Gasteiger partial charge in [-0.2, -0.15) is 0 Å². The molecule has 0 aliphatic carbocycles. The highest BCUT2D eigenvalue weighted by atomic mass is 19.3. The van der Waals surface area contributed by atoms with E-state index in [0.29, 0.717) is 6.42 Å². The van der Waals surface area contributed by atoms with Crippen LogP contribution in [-0.4, -0.2) is 49.0 Å². The van der Waals surface area contributed by atoms with Gasteiger partial charge in [0.2, 0.25) is 0 Å². The first-order chi connectivity index (χ1) is 7.47. The Labute approximate surface area is 95.4 Å². The lowest BCUT2D eigenvalue weighted by atomic mass is 9.86. The van der Waals surface area contributed by atoms with Gasteiger partial charge in [-0.25, -0.2) is 8.78 Å². The van der Waals surface area contributed by atoms with Crippen molar-refractivity contribution in [3.8, 4) is 0 Å². The van der Waals surface area contributed by atoms with Gasteiger partial charge in [-0.1, -0.05) is 20.3 Å². The van der Waals surface area contributed by atoms with Gasteiger partial charge in [0.15, 0.2) is 0 Å². The number of alkyl halides is 2.